The first-order valence-corrected chi connectivity index (χ1v) is 8.02. The largest absolute Gasteiger partial charge is 0.379 e. The van der Waals surface area contributed by atoms with Crippen molar-refractivity contribution in [3.05, 3.63) is 29.4 Å². The summed E-state index contributed by atoms with van der Waals surface area (Å²) in [7, 11) is 0. The van der Waals surface area contributed by atoms with E-state index in [1.807, 2.05) is 24.4 Å². The first-order valence-electron chi connectivity index (χ1n) is 7.64. The van der Waals surface area contributed by atoms with E-state index in [1.165, 1.54) is 0 Å². The molecule has 3 heterocycles. The number of anilines is 1. The van der Waals surface area contributed by atoms with E-state index < -0.39 is 0 Å². The molecular formula is C16H19ClN4O. The normalized spacial score (nSPS) is 21.8. The van der Waals surface area contributed by atoms with Crippen molar-refractivity contribution in [2.75, 3.05) is 44.3 Å². The summed E-state index contributed by atoms with van der Waals surface area (Å²) in [6.07, 6.45) is 1.84. The number of nitrogens with zero attached hydrogens (tertiary/aromatic N) is 4. The molecule has 0 amide bonds. The predicted octanol–water partition coefficient (Wildman–Crippen LogP) is 2.19. The predicted molar refractivity (Wildman–Crippen MR) is 87.6 cm³/mol. The van der Waals surface area contributed by atoms with Gasteiger partial charge in [-0.3, -0.25) is 9.88 Å². The van der Waals surface area contributed by atoms with Crippen LogP contribution < -0.4 is 4.90 Å². The van der Waals surface area contributed by atoms with Gasteiger partial charge in [0.25, 0.3) is 0 Å². The average Bonchev–Trinajstić information content (AvgIpc) is 2.52. The number of hydrogen-bond donors (Lipinski definition) is 0. The number of halogens is 1. The van der Waals surface area contributed by atoms with Crippen molar-refractivity contribution < 1.29 is 4.74 Å². The molecule has 0 N–H and O–H groups in total. The fraction of sp³-hybridized carbons (Fsp3) is 0.500. The van der Waals surface area contributed by atoms with Gasteiger partial charge in [0.05, 0.1) is 36.0 Å². The SMILES string of the molecule is CC1(N2CCOCC2)CN(c2cnc3cc(Cl)ccc3n2)C1. The third-order valence-electron chi connectivity index (χ3n) is 4.65. The zero-order valence-electron chi connectivity index (χ0n) is 12.6. The fourth-order valence-electron chi connectivity index (χ4n) is 3.37. The van der Waals surface area contributed by atoms with Crippen LogP contribution in [-0.4, -0.2) is 59.8 Å². The molecule has 2 saturated heterocycles. The van der Waals surface area contributed by atoms with E-state index in [1.54, 1.807) is 0 Å². The summed E-state index contributed by atoms with van der Waals surface area (Å²) in [4.78, 5) is 14.0. The molecule has 0 saturated carbocycles. The average molecular weight is 319 g/mol. The van der Waals surface area contributed by atoms with Crippen molar-refractivity contribution in [1.29, 1.82) is 0 Å². The summed E-state index contributed by atoms with van der Waals surface area (Å²) >= 11 is 5.99. The van der Waals surface area contributed by atoms with E-state index in [4.69, 9.17) is 21.3 Å². The van der Waals surface area contributed by atoms with Crippen LogP contribution in [0.5, 0.6) is 0 Å². The Morgan fingerprint density at radius 3 is 2.73 bits per heavy atom. The molecule has 5 nitrogen and oxygen atoms in total. The first-order chi connectivity index (χ1) is 10.6. The molecule has 22 heavy (non-hydrogen) atoms. The van der Waals surface area contributed by atoms with Gasteiger partial charge in [0.2, 0.25) is 0 Å². The Labute approximate surface area is 134 Å². The third kappa shape index (κ3) is 2.43. The Morgan fingerprint density at radius 2 is 1.95 bits per heavy atom. The van der Waals surface area contributed by atoms with E-state index in [9.17, 15) is 0 Å². The third-order valence-corrected chi connectivity index (χ3v) is 4.89. The van der Waals surface area contributed by atoms with E-state index in [2.05, 4.69) is 21.7 Å². The van der Waals surface area contributed by atoms with Gasteiger partial charge in [0.15, 0.2) is 0 Å². The molecule has 2 fully saturated rings. The number of ether oxygens (including phenoxy) is 1. The van der Waals surface area contributed by atoms with Gasteiger partial charge < -0.3 is 9.64 Å². The van der Waals surface area contributed by atoms with Gasteiger partial charge in [-0.05, 0) is 25.1 Å². The van der Waals surface area contributed by atoms with Crippen LogP contribution in [-0.2, 0) is 4.74 Å². The minimum Gasteiger partial charge on any atom is -0.379 e. The highest BCUT2D eigenvalue weighted by Gasteiger charge is 2.44. The monoisotopic (exact) mass is 318 g/mol. The zero-order valence-corrected chi connectivity index (χ0v) is 13.4. The minimum atomic E-state index is 0.223. The number of benzene rings is 1. The molecule has 0 bridgehead atoms. The summed E-state index contributed by atoms with van der Waals surface area (Å²) in [6, 6.07) is 5.63. The van der Waals surface area contributed by atoms with Crippen LogP contribution in [0.3, 0.4) is 0 Å². The molecule has 6 heteroatoms. The Morgan fingerprint density at radius 1 is 1.18 bits per heavy atom. The van der Waals surface area contributed by atoms with E-state index in [0.717, 1.165) is 56.2 Å². The van der Waals surface area contributed by atoms with Gasteiger partial charge in [-0.25, -0.2) is 4.98 Å². The van der Waals surface area contributed by atoms with Gasteiger partial charge in [-0.1, -0.05) is 11.6 Å². The molecule has 0 radical (unpaired) electrons. The lowest BCUT2D eigenvalue weighted by Crippen LogP contribution is -2.70. The van der Waals surface area contributed by atoms with Gasteiger partial charge in [0.1, 0.15) is 5.82 Å². The Balaban J connectivity index is 1.51. The van der Waals surface area contributed by atoms with Crippen molar-refractivity contribution in [3.8, 4) is 0 Å². The number of morpholine rings is 1. The molecule has 2 aliphatic heterocycles. The molecule has 0 spiro atoms. The van der Waals surface area contributed by atoms with Crippen molar-refractivity contribution in [1.82, 2.24) is 14.9 Å². The van der Waals surface area contributed by atoms with Crippen molar-refractivity contribution in [2.45, 2.75) is 12.5 Å². The zero-order chi connectivity index (χ0) is 15.2. The number of fused-ring (bicyclic) bond motifs is 1. The standard InChI is InChI=1S/C16H19ClN4O/c1-16(21-4-6-22-7-5-21)10-20(11-16)15-9-18-14-8-12(17)2-3-13(14)19-15/h2-3,8-9H,4-7,10-11H2,1H3. The van der Waals surface area contributed by atoms with Gasteiger partial charge in [0, 0.05) is 31.2 Å². The summed E-state index contributed by atoms with van der Waals surface area (Å²) in [5.74, 6) is 0.945. The van der Waals surface area contributed by atoms with Crippen molar-refractivity contribution in [2.24, 2.45) is 0 Å². The summed E-state index contributed by atoms with van der Waals surface area (Å²) in [5.41, 5.74) is 1.95. The van der Waals surface area contributed by atoms with E-state index >= 15 is 0 Å². The molecule has 0 unspecified atom stereocenters. The molecule has 116 valence electrons. The number of aromatic nitrogens is 2. The Kier molecular flexibility index (Phi) is 3.44. The summed E-state index contributed by atoms with van der Waals surface area (Å²) < 4.78 is 5.44. The Hall–Kier alpha value is -1.43. The van der Waals surface area contributed by atoms with E-state index in [0.29, 0.717) is 5.02 Å². The minimum absolute atomic E-state index is 0.223. The first kappa shape index (κ1) is 14.2. The highest BCUT2D eigenvalue weighted by molar-refractivity contribution is 6.31. The second-order valence-electron chi connectivity index (χ2n) is 6.31. The molecule has 4 rings (SSSR count). The second kappa shape index (κ2) is 5.33. The maximum absolute atomic E-state index is 5.99. The van der Waals surface area contributed by atoms with Crippen LogP contribution in [0.2, 0.25) is 5.02 Å². The number of rotatable bonds is 2. The quantitative estimate of drug-likeness (QED) is 0.849. The molecule has 1 aromatic carbocycles. The number of hydrogen-bond acceptors (Lipinski definition) is 5. The second-order valence-corrected chi connectivity index (χ2v) is 6.75. The maximum Gasteiger partial charge on any atom is 0.147 e. The van der Waals surface area contributed by atoms with Crippen LogP contribution in [0.1, 0.15) is 6.92 Å². The van der Waals surface area contributed by atoms with Crippen LogP contribution in [0.15, 0.2) is 24.4 Å². The van der Waals surface area contributed by atoms with Crippen LogP contribution >= 0.6 is 11.6 Å². The molecule has 0 atom stereocenters. The smallest absolute Gasteiger partial charge is 0.147 e. The topological polar surface area (TPSA) is 41.5 Å². The highest BCUT2D eigenvalue weighted by atomic mass is 35.5. The Bertz CT molecular complexity index is 696. The lowest BCUT2D eigenvalue weighted by Gasteiger charge is -2.55. The summed E-state index contributed by atoms with van der Waals surface area (Å²) in [5, 5.41) is 0.693. The molecule has 0 aliphatic carbocycles. The van der Waals surface area contributed by atoms with Gasteiger partial charge in [-0.15, -0.1) is 0 Å². The van der Waals surface area contributed by atoms with Crippen molar-refractivity contribution in [3.63, 3.8) is 0 Å². The van der Waals surface area contributed by atoms with Crippen LogP contribution in [0.25, 0.3) is 11.0 Å². The molecule has 2 aliphatic rings. The van der Waals surface area contributed by atoms with Gasteiger partial charge >= 0.3 is 0 Å². The van der Waals surface area contributed by atoms with Crippen LogP contribution in [0, 0.1) is 0 Å². The van der Waals surface area contributed by atoms with Crippen molar-refractivity contribution >= 4 is 28.5 Å². The molecule has 1 aromatic heterocycles. The van der Waals surface area contributed by atoms with Gasteiger partial charge in [-0.2, -0.15) is 0 Å². The summed E-state index contributed by atoms with van der Waals surface area (Å²) in [6.45, 7) is 8.02. The molecular weight excluding hydrogens is 300 g/mol. The van der Waals surface area contributed by atoms with Crippen LogP contribution in [0.4, 0.5) is 5.82 Å². The maximum atomic E-state index is 5.99. The fourth-order valence-corrected chi connectivity index (χ4v) is 3.53. The lowest BCUT2D eigenvalue weighted by molar-refractivity contribution is -0.0266. The lowest BCUT2D eigenvalue weighted by atomic mass is 9.89. The van der Waals surface area contributed by atoms with E-state index in [-0.39, 0.29) is 5.54 Å². The highest BCUT2D eigenvalue weighted by Crippen LogP contribution is 2.32. The molecule has 2 aromatic rings.